The van der Waals surface area contributed by atoms with Gasteiger partial charge in [0.2, 0.25) is 10.0 Å². The number of likely N-dealkylation sites (N-methyl/N-ethyl adjacent to an activating group) is 1. The molecule has 34 heavy (non-hydrogen) atoms. The first-order chi connectivity index (χ1) is 16.1. The first-order valence-electron chi connectivity index (χ1n) is 11.2. The fourth-order valence-corrected chi connectivity index (χ4v) is 5.63. The molecular weight excluding hydrogens is 456 g/mol. The van der Waals surface area contributed by atoms with Crippen LogP contribution in [-0.4, -0.2) is 82.8 Å². The van der Waals surface area contributed by atoms with E-state index in [9.17, 15) is 18.6 Å². The predicted octanol–water partition coefficient (Wildman–Crippen LogP) is 1.11. The van der Waals surface area contributed by atoms with Crippen molar-refractivity contribution in [1.29, 1.82) is 0 Å². The van der Waals surface area contributed by atoms with Gasteiger partial charge in [-0.25, -0.2) is 18.4 Å². The molecule has 1 aliphatic heterocycles. The number of sulfonamides is 1. The monoisotopic (exact) mass is 488 g/mol. The van der Waals surface area contributed by atoms with Crippen LogP contribution in [0.1, 0.15) is 31.9 Å². The van der Waals surface area contributed by atoms with Gasteiger partial charge < -0.3 is 14.9 Å². The zero-order valence-electron chi connectivity index (χ0n) is 19.9. The fourth-order valence-electron chi connectivity index (χ4n) is 3.80. The van der Waals surface area contributed by atoms with Crippen LogP contribution < -0.4 is 4.74 Å². The van der Waals surface area contributed by atoms with Crippen LogP contribution in [0.15, 0.2) is 41.8 Å². The number of aliphatic hydroxyl groups is 2. The minimum atomic E-state index is -3.91. The zero-order valence-corrected chi connectivity index (χ0v) is 20.7. The Kier molecular flexibility index (Phi) is 8.62. The van der Waals surface area contributed by atoms with Gasteiger partial charge >= 0.3 is 0 Å². The highest BCUT2D eigenvalue weighted by atomic mass is 32.2. The number of nitrogens with zero attached hydrogens (tertiary/aromatic N) is 4. The third-order valence-electron chi connectivity index (χ3n) is 5.65. The highest BCUT2D eigenvalue weighted by Gasteiger charge is 2.38. The molecule has 0 radical (unpaired) electrons. The van der Waals surface area contributed by atoms with Crippen molar-refractivity contribution in [3.05, 3.63) is 48.0 Å². The number of aliphatic hydroxyl groups excluding tert-OH is 2. The largest absolute Gasteiger partial charge is 0.487 e. The van der Waals surface area contributed by atoms with Gasteiger partial charge in [-0.15, -0.1) is 0 Å². The molecule has 1 aromatic carbocycles. The number of hydrogen-bond acceptors (Lipinski definition) is 8. The third-order valence-corrected chi connectivity index (χ3v) is 7.67. The molecule has 4 atom stereocenters. The van der Waals surface area contributed by atoms with Crippen molar-refractivity contribution in [3.8, 4) is 17.6 Å². The normalized spacial score (nSPS) is 21.9. The SMILES string of the molecule is C[C@@H]1CN([C@@H](C)CO)S(=O)(=O)c2ccc(C#C[C@@H](C)O)cc2O[C@H]1CN(C)Cc1cncnc1. The van der Waals surface area contributed by atoms with Crippen LogP contribution in [-0.2, 0) is 16.6 Å². The van der Waals surface area contributed by atoms with Crippen molar-refractivity contribution in [1.82, 2.24) is 19.2 Å². The first kappa shape index (κ1) is 26.1. The van der Waals surface area contributed by atoms with E-state index < -0.39 is 22.2 Å². The lowest BCUT2D eigenvalue weighted by molar-refractivity contribution is 0.0733. The van der Waals surface area contributed by atoms with Gasteiger partial charge in [0.25, 0.3) is 0 Å². The van der Waals surface area contributed by atoms with Gasteiger partial charge in [0.05, 0.1) is 6.61 Å². The summed E-state index contributed by atoms with van der Waals surface area (Å²) in [6.45, 7) is 6.24. The van der Waals surface area contributed by atoms with E-state index in [4.69, 9.17) is 4.74 Å². The maximum atomic E-state index is 13.5. The summed E-state index contributed by atoms with van der Waals surface area (Å²) < 4.78 is 34.7. The summed E-state index contributed by atoms with van der Waals surface area (Å²) in [5.41, 5.74) is 1.50. The van der Waals surface area contributed by atoms with Gasteiger partial charge in [-0.05, 0) is 39.1 Å². The maximum absolute atomic E-state index is 13.5. The number of rotatable bonds is 6. The molecule has 184 valence electrons. The molecule has 2 N–H and O–H groups in total. The smallest absolute Gasteiger partial charge is 0.247 e. The highest BCUT2D eigenvalue weighted by molar-refractivity contribution is 7.89. The lowest BCUT2D eigenvalue weighted by atomic mass is 10.0. The van der Waals surface area contributed by atoms with Gasteiger partial charge in [-0.3, -0.25) is 4.90 Å². The minimum absolute atomic E-state index is 0.0337. The summed E-state index contributed by atoms with van der Waals surface area (Å²) >= 11 is 0. The van der Waals surface area contributed by atoms with Gasteiger partial charge in [0.15, 0.2) is 0 Å². The van der Waals surface area contributed by atoms with Crippen LogP contribution in [0.25, 0.3) is 0 Å². The van der Waals surface area contributed by atoms with Crippen molar-refractivity contribution in [2.45, 2.75) is 50.5 Å². The van der Waals surface area contributed by atoms with Crippen molar-refractivity contribution >= 4 is 10.0 Å². The van der Waals surface area contributed by atoms with Crippen LogP contribution >= 0.6 is 0 Å². The number of fused-ring (bicyclic) bond motifs is 1. The summed E-state index contributed by atoms with van der Waals surface area (Å²) in [4.78, 5) is 10.2. The molecule has 10 heteroatoms. The van der Waals surface area contributed by atoms with Crippen LogP contribution in [0, 0.1) is 17.8 Å². The number of ether oxygens (including phenoxy) is 1. The topological polar surface area (TPSA) is 116 Å². The fraction of sp³-hybridized carbons (Fsp3) is 0.500. The van der Waals surface area contributed by atoms with Crippen molar-refractivity contribution < 1.29 is 23.4 Å². The Hall–Kier alpha value is -2.55. The summed E-state index contributed by atoms with van der Waals surface area (Å²) in [7, 11) is -1.96. The lowest BCUT2D eigenvalue weighted by Gasteiger charge is -2.37. The Morgan fingerprint density at radius 1 is 1.29 bits per heavy atom. The van der Waals surface area contributed by atoms with Gasteiger partial charge in [-0.2, -0.15) is 4.31 Å². The third kappa shape index (κ3) is 6.31. The number of benzene rings is 1. The van der Waals surface area contributed by atoms with Gasteiger partial charge in [0.1, 0.15) is 29.2 Å². The average Bonchev–Trinajstić information content (AvgIpc) is 2.80. The number of hydrogen-bond donors (Lipinski definition) is 2. The molecule has 0 spiro atoms. The standard InChI is InChI=1S/C24H32N4O5S/c1-17-12-28(18(2)15-29)34(31,32)24-8-7-20(6-5-19(3)30)9-22(24)33-23(17)14-27(4)13-21-10-25-16-26-11-21/h7-11,16-19,23,29-30H,12-15H2,1-4H3/t17-,18+,19-,23+/m1/s1. The summed E-state index contributed by atoms with van der Waals surface area (Å²) in [5, 5.41) is 19.2. The minimum Gasteiger partial charge on any atom is -0.487 e. The molecule has 1 aliphatic rings. The van der Waals surface area contributed by atoms with Crippen LogP contribution in [0.5, 0.6) is 5.75 Å². The Morgan fingerprint density at radius 3 is 2.65 bits per heavy atom. The first-order valence-corrected chi connectivity index (χ1v) is 12.6. The predicted molar refractivity (Wildman–Crippen MR) is 127 cm³/mol. The van der Waals surface area contributed by atoms with E-state index in [1.165, 1.54) is 16.7 Å². The quantitative estimate of drug-likeness (QED) is 0.581. The molecule has 9 nitrogen and oxygen atoms in total. The van der Waals surface area contributed by atoms with E-state index in [0.717, 1.165) is 5.56 Å². The van der Waals surface area contributed by atoms with E-state index in [-0.39, 0.29) is 35.8 Å². The molecule has 0 bridgehead atoms. The zero-order chi connectivity index (χ0) is 24.9. The molecule has 1 aromatic heterocycles. The molecule has 3 rings (SSSR count). The van der Waals surface area contributed by atoms with Crippen molar-refractivity contribution in [3.63, 3.8) is 0 Å². The summed E-state index contributed by atoms with van der Waals surface area (Å²) in [5.74, 6) is 5.56. The van der Waals surface area contributed by atoms with E-state index >= 15 is 0 Å². The number of aromatic nitrogens is 2. The van der Waals surface area contributed by atoms with Crippen LogP contribution in [0.3, 0.4) is 0 Å². The van der Waals surface area contributed by atoms with Crippen LogP contribution in [0.2, 0.25) is 0 Å². The second-order valence-electron chi connectivity index (χ2n) is 8.79. The Labute approximate surface area is 201 Å². The van der Waals surface area contributed by atoms with E-state index in [1.807, 2.05) is 14.0 Å². The molecular formula is C24H32N4O5S. The maximum Gasteiger partial charge on any atom is 0.247 e. The molecule has 0 saturated heterocycles. The Bertz CT molecular complexity index is 1130. The van der Waals surface area contributed by atoms with Crippen LogP contribution in [0.4, 0.5) is 0 Å². The summed E-state index contributed by atoms with van der Waals surface area (Å²) in [6.07, 6.45) is 3.85. The molecule has 0 unspecified atom stereocenters. The second-order valence-corrected chi connectivity index (χ2v) is 10.6. The molecule has 2 heterocycles. The highest BCUT2D eigenvalue weighted by Crippen LogP contribution is 2.34. The molecule has 0 amide bonds. The van der Waals surface area contributed by atoms with E-state index in [2.05, 4.69) is 26.7 Å². The molecule has 0 fully saturated rings. The Balaban J connectivity index is 1.99. The lowest BCUT2D eigenvalue weighted by Crippen LogP contribution is -2.49. The molecule has 0 aliphatic carbocycles. The van der Waals surface area contributed by atoms with Crippen molar-refractivity contribution in [2.75, 3.05) is 26.7 Å². The molecule has 2 aromatic rings. The molecule has 0 saturated carbocycles. The second kappa shape index (κ2) is 11.3. The van der Waals surface area contributed by atoms with E-state index in [0.29, 0.717) is 18.7 Å². The van der Waals surface area contributed by atoms with Gasteiger partial charge in [0, 0.05) is 55.1 Å². The summed E-state index contributed by atoms with van der Waals surface area (Å²) in [6, 6.07) is 4.08. The van der Waals surface area contributed by atoms with E-state index in [1.54, 1.807) is 38.4 Å². The van der Waals surface area contributed by atoms with Crippen molar-refractivity contribution in [2.24, 2.45) is 5.92 Å². The average molecular weight is 489 g/mol. The van der Waals surface area contributed by atoms with Gasteiger partial charge in [-0.1, -0.05) is 18.8 Å². The Morgan fingerprint density at radius 2 is 2.00 bits per heavy atom.